The van der Waals surface area contributed by atoms with Gasteiger partial charge in [-0.3, -0.25) is 19.7 Å². The van der Waals surface area contributed by atoms with E-state index in [-0.39, 0.29) is 28.6 Å². The molecule has 0 spiro atoms. The maximum absolute atomic E-state index is 12.8. The Kier molecular flexibility index (Phi) is 11.5. The Labute approximate surface area is 226 Å². The highest BCUT2D eigenvalue weighted by molar-refractivity contribution is 7.84. The number of ether oxygens (including phenoxy) is 4. The Morgan fingerprint density at radius 3 is 2.44 bits per heavy atom. The number of pyridine rings is 1. The molecule has 0 aliphatic rings. The molecular formula is C25H30F2N4O7S. The summed E-state index contributed by atoms with van der Waals surface area (Å²) < 4.78 is 57.0. The quantitative estimate of drug-likeness (QED) is 0.267. The van der Waals surface area contributed by atoms with Crippen LogP contribution in [0.2, 0.25) is 0 Å². The number of benzene rings is 1. The zero-order valence-corrected chi connectivity index (χ0v) is 22.8. The Morgan fingerprint density at radius 1 is 1.15 bits per heavy atom. The summed E-state index contributed by atoms with van der Waals surface area (Å²) in [7, 11) is -1.29. The summed E-state index contributed by atoms with van der Waals surface area (Å²) in [6, 6.07) is 7.18. The topological polar surface area (TPSA) is 149 Å². The Balaban J connectivity index is 2.19. The van der Waals surface area contributed by atoms with Crippen molar-refractivity contribution < 1.29 is 41.5 Å². The fourth-order valence-corrected chi connectivity index (χ4v) is 3.24. The third kappa shape index (κ3) is 12.0. The summed E-state index contributed by atoms with van der Waals surface area (Å²) in [6.07, 6.45) is 3.56. The van der Waals surface area contributed by atoms with E-state index in [4.69, 9.17) is 19.6 Å². The Bertz CT molecular complexity index is 1220. The smallest absolute Gasteiger partial charge is 0.411 e. The van der Waals surface area contributed by atoms with Crippen molar-refractivity contribution in [2.75, 3.05) is 12.9 Å². The van der Waals surface area contributed by atoms with Crippen molar-refractivity contribution in [2.45, 2.75) is 51.0 Å². The van der Waals surface area contributed by atoms with Crippen LogP contribution in [0.1, 0.15) is 38.1 Å². The number of carbonyl (C=O) groups excluding carboxylic acids is 2. The second-order valence-electron chi connectivity index (χ2n) is 8.95. The molecule has 14 heteroatoms. The van der Waals surface area contributed by atoms with E-state index in [1.54, 1.807) is 20.8 Å². The molecule has 39 heavy (non-hydrogen) atoms. The molecule has 3 N–H and O–H groups in total. The summed E-state index contributed by atoms with van der Waals surface area (Å²) in [5.41, 5.74) is -0.690. The monoisotopic (exact) mass is 568 g/mol. The van der Waals surface area contributed by atoms with Crippen LogP contribution >= 0.6 is 0 Å². The van der Waals surface area contributed by atoms with Crippen molar-refractivity contribution in [3.05, 3.63) is 54.4 Å². The van der Waals surface area contributed by atoms with E-state index in [1.807, 2.05) is 0 Å². The van der Waals surface area contributed by atoms with E-state index in [0.29, 0.717) is 5.03 Å². The van der Waals surface area contributed by atoms with Gasteiger partial charge in [0, 0.05) is 24.1 Å². The average molecular weight is 569 g/mol. The van der Waals surface area contributed by atoms with Crippen molar-refractivity contribution >= 4 is 28.6 Å². The molecule has 0 saturated heterocycles. The van der Waals surface area contributed by atoms with Gasteiger partial charge < -0.3 is 24.3 Å². The van der Waals surface area contributed by atoms with Gasteiger partial charge >= 0.3 is 12.7 Å². The molecule has 0 fully saturated rings. The molecule has 2 aromatic rings. The number of amides is 2. The molecule has 2 rings (SSSR count). The van der Waals surface area contributed by atoms with Gasteiger partial charge in [0.25, 0.3) is 5.91 Å². The van der Waals surface area contributed by atoms with Crippen LogP contribution in [0.25, 0.3) is 0 Å². The number of carbonyl (C=O) groups is 2. The molecule has 0 aliphatic carbocycles. The van der Waals surface area contributed by atoms with Crippen molar-refractivity contribution in [3.8, 4) is 17.2 Å². The fraction of sp³-hybridized carbons (Fsp3) is 0.360. The van der Waals surface area contributed by atoms with Crippen LogP contribution in [-0.4, -0.2) is 58.2 Å². The van der Waals surface area contributed by atoms with E-state index < -0.39 is 47.7 Å². The molecule has 0 bridgehead atoms. The molecule has 1 aromatic carbocycles. The van der Waals surface area contributed by atoms with Crippen LogP contribution in [0.15, 0.2) is 53.8 Å². The number of alkyl carbamates (subject to hydrolysis) is 1. The standard InChI is InChI=1S/C25H30F2N4O7S/c1-15(14-35-23(26)27)36-18-10-16(11-19(12-18)37-17-6-7-21(30-13-17)39(5)34)22(32)31-20(28)8-9-29-24(33)38-25(2,3)4/h6-13,15,23H,14H2,1-5H3,(H,29,33)(H2,28,31,32)/b9-8-/t15-,39?/m0/s1. The normalized spacial score (nSPS) is 13.0. The zero-order valence-electron chi connectivity index (χ0n) is 21.9. The van der Waals surface area contributed by atoms with Crippen LogP contribution in [0.5, 0.6) is 17.2 Å². The van der Waals surface area contributed by atoms with Gasteiger partial charge in [0.1, 0.15) is 39.8 Å². The van der Waals surface area contributed by atoms with E-state index >= 15 is 0 Å². The highest BCUT2D eigenvalue weighted by Gasteiger charge is 2.16. The van der Waals surface area contributed by atoms with Gasteiger partial charge in [0.15, 0.2) is 0 Å². The number of nitrogens with zero attached hydrogens (tertiary/aromatic N) is 1. The average Bonchev–Trinajstić information content (AvgIpc) is 2.81. The molecule has 11 nitrogen and oxygen atoms in total. The molecule has 1 unspecified atom stereocenters. The van der Waals surface area contributed by atoms with Crippen LogP contribution in [0, 0.1) is 5.41 Å². The number of rotatable bonds is 11. The van der Waals surface area contributed by atoms with Crippen molar-refractivity contribution in [2.24, 2.45) is 0 Å². The first kappa shape index (κ1) is 31.3. The number of alkyl halides is 2. The van der Waals surface area contributed by atoms with Crippen LogP contribution in [0.3, 0.4) is 0 Å². The highest BCUT2D eigenvalue weighted by atomic mass is 32.2. The van der Waals surface area contributed by atoms with Gasteiger partial charge in [0.2, 0.25) is 0 Å². The lowest BCUT2D eigenvalue weighted by Gasteiger charge is -2.18. The van der Waals surface area contributed by atoms with Gasteiger partial charge in [-0.25, -0.2) is 9.78 Å². The first-order chi connectivity index (χ1) is 18.2. The second kappa shape index (κ2) is 14.3. The lowest BCUT2D eigenvalue weighted by atomic mass is 10.2. The minimum Gasteiger partial charge on any atom is -0.488 e. The van der Waals surface area contributed by atoms with Crippen molar-refractivity contribution in [1.29, 1.82) is 5.41 Å². The maximum atomic E-state index is 12.8. The highest BCUT2D eigenvalue weighted by Crippen LogP contribution is 2.28. The summed E-state index contributed by atoms with van der Waals surface area (Å²) in [5, 5.41) is 12.9. The molecule has 2 atom stereocenters. The lowest BCUT2D eigenvalue weighted by Crippen LogP contribution is -2.31. The molecular weight excluding hydrogens is 538 g/mol. The van der Waals surface area contributed by atoms with Gasteiger partial charge in [-0.15, -0.1) is 0 Å². The van der Waals surface area contributed by atoms with E-state index in [9.17, 15) is 22.6 Å². The number of aromatic nitrogens is 1. The van der Waals surface area contributed by atoms with Crippen LogP contribution in [0.4, 0.5) is 13.6 Å². The first-order valence-corrected chi connectivity index (χ1v) is 13.0. The lowest BCUT2D eigenvalue weighted by molar-refractivity contribution is -0.142. The van der Waals surface area contributed by atoms with Crippen molar-refractivity contribution in [1.82, 2.24) is 15.6 Å². The summed E-state index contributed by atoms with van der Waals surface area (Å²) in [4.78, 5) is 28.6. The van der Waals surface area contributed by atoms with E-state index in [1.165, 1.54) is 49.7 Å². The van der Waals surface area contributed by atoms with Gasteiger partial charge in [-0.1, -0.05) is 0 Å². The Morgan fingerprint density at radius 2 is 1.85 bits per heavy atom. The second-order valence-corrected chi connectivity index (χ2v) is 10.3. The van der Waals surface area contributed by atoms with E-state index in [0.717, 1.165) is 12.3 Å². The summed E-state index contributed by atoms with van der Waals surface area (Å²) >= 11 is 0. The number of halogens is 2. The molecule has 0 saturated carbocycles. The van der Waals surface area contributed by atoms with E-state index in [2.05, 4.69) is 20.4 Å². The molecule has 0 radical (unpaired) electrons. The third-order valence-corrected chi connectivity index (χ3v) is 5.10. The summed E-state index contributed by atoms with van der Waals surface area (Å²) in [5.74, 6) is -0.554. The number of amidine groups is 1. The van der Waals surface area contributed by atoms with Gasteiger partial charge in [-0.05, 0) is 58.0 Å². The fourth-order valence-electron chi connectivity index (χ4n) is 2.77. The Hall–Kier alpha value is -3.91. The van der Waals surface area contributed by atoms with Crippen molar-refractivity contribution in [3.63, 3.8) is 0 Å². The minimum atomic E-state index is -2.97. The zero-order chi connectivity index (χ0) is 29.2. The number of hydrogen-bond acceptors (Lipinski definition) is 9. The van der Waals surface area contributed by atoms with Crippen LogP contribution in [-0.2, 0) is 20.3 Å². The number of nitrogens with one attached hydrogen (secondary N) is 3. The predicted molar refractivity (Wildman–Crippen MR) is 139 cm³/mol. The molecule has 212 valence electrons. The van der Waals surface area contributed by atoms with Crippen LogP contribution < -0.4 is 20.1 Å². The molecule has 0 aliphatic heterocycles. The SMILES string of the molecule is C[C@@H](COC(F)F)Oc1cc(Oc2ccc(S(C)=O)nc2)cc(C(=O)NC(=N)/C=C\NC(=O)OC(C)(C)C)c1. The first-order valence-electron chi connectivity index (χ1n) is 11.5. The minimum absolute atomic E-state index is 0.0157. The summed E-state index contributed by atoms with van der Waals surface area (Å²) in [6.45, 7) is 3.20. The maximum Gasteiger partial charge on any atom is 0.411 e. The predicted octanol–water partition coefficient (Wildman–Crippen LogP) is 4.36. The van der Waals surface area contributed by atoms with Gasteiger partial charge in [0.05, 0.1) is 23.6 Å². The van der Waals surface area contributed by atoms with Gasteiger partial charge in [-0.2, -0.15) is 8.78 Å². The molecule has 1 heterocycles. The molecule has 2 amide bonds. The molecule has 1 aromatic heterocycles. The third-order valence-electron chi connectivity index (χ3n) is 4.27. The largest absolute Gasteiger partial charge is 0.488 e. The number of hydrogen-bond donors (Lipinski definition) is 3.